The van der Waals surface area contributed by atoms with Gasteiger partial charge >= 0.3 is 5.69 Å². The summed E-state index contributed by atoms with van der Waals surface area (Å²) in [6.07, 6.45) is 5.37. The number of hydrogen-bond acceptors (Lipinski definition) is 9. The lowest BCUT2D eigenvalue weighted by molar-refractivity contribution is -0.0567. The highest BCUT2D eigenvalue weighted by Gasteiger charge is 2.67. The largest absolute Gasteiger partial charge is 0.414 e. The van der Waals surface area contributed by atoms with Crippen LogP contribution in [0.5, 0.6) is 0 Å². The molecule has 2 N–H and O–H groups in total. The fourth-order valence-electron chi connectivity index (χ4n) is 5.60. The van der Waals surface area contributed by atoms with Gasteiger partial charge in [0.25, 0.3) is 15.7 Å². The van der Waals surface area contributed by atoms with E-state index in [4.69, 9.17) is 23.5 Å². The van der Waals surface area contributed by atoms with Crippen molar-refractivity contribution < 1.29 is 26.2 Å². The van der Waals surface area contributed by atoms with Crippen molar-refractivity contribution in [3.63, 3.8) is 0 Å². The molecule has 4 unspecified atom stereocenters. The third-order valence-corrected chi connectivity index (χ3v) is 21.3. The lowest BCUT2D eigenvalue weighted by Crippen LogP contribution is -2.59. The molecule has 2 aliphatic heterocycles. The number of nitrogens with zero attached hydrogens (tertiary/aromatic N) is 2. The van der Waals surface area contributed by atoms with Crippen molar-refractivity contribution in [2.75, 3.05) is 11.9 Å². The first kappa shape index (κ1) is 41.3. The minimum absolute atomic E-state index is 0.0303. The first-order chi connectivity index (χ1) is 21.9. The molecule has 11 nitrogen and oxygen atoms in total. The molecule has 2 aliphatic rings. The Morgan fingerprint density at radius 2 is 1.48 bits per heavy atom. The summed E-state index contributed by atoms with van der Waals surface area (Å²) in [5, 5.41) is 1.49. The monoisotopic (exact) mass is 793 g/mol. The van der Waals surface area contributed by atoms with Gasteiger partial charge in [-0.1, -0.05) is 89.6 Å². The van der Waals surface area contributed by atoms with Crippen LogP contribution in [0.2, 0.25) is 36.3 Å². The molecule has 1 saturated heterocycles. The number of alkyl halides is 1. The van der Waals surface area contributed by atoms with Crippen LogP contribution in [0.4, 0.5) is 0 Å². The van der Waals surface area contributed by atoms with Crippen LogP contribution < -0.4 is 17.0 Å². The van der Waals surface area contributed by atoms with Gasteiger partial charge < -0.3 is 19.3 Å². The van der Waals surface area contributed by atoms with Crippen molar-refractivity contribution in [1.82, 2.24) is 9.13 Å². The van der Waals surface area contributed by atoms with Gasteiger partial charge in [0.1, 0.15) is 12.2 Å². The van der Waals surface area contributed by atoms with E-state index in [0.29, 0.717) is 12.0 Å². The zero-order chi connectivity index (χ0) is 36.5. The van der Waals surface area contributed by atoms with E-state index >= 15 is 0 Å². The second kappa shape index (κ2) is 15.3. The molecular weight excluding hydrogens is 735 g/mol. The third kappa shape index (κ3) is 8.86. The Morgan fingerprint density at radius 1 is 0.938 bits per heavy atom. The maximum atomic E-state index is 14.2. The summed E-state index contributed by atoms with van der Waals surface area (Å²) in [7, 11) is -9.26. The Hall–Kier alpha value is -1.08. The summed E-state index contributed by atoms with van der Waals surface area (Å²) in [4.78, 5) is 27.5. The van der Waals surface area contributed by atoms with E-state index in [-0.39, 0.29) is 34.5 Å². The van der Waals surface area contributed by atoms with Crippen LogP contribution in [-0.2, 0) is 34.4 Å². The van der Waals surface area contributed by atoms with Gasteiger partial charge in [-0.15, -0.1) is 0 Å². The number of ether oxygens (including phenoxy) is 1. The van der Waals surface area contributed by atoms with Gasteiger partial charge in [-0.25, -0.2) is 8.98 Å². The first-order valence-electron chi connectivity index (χ1n) is 17.2. The molecule has 1 aromatic heterocycles. The predicted molar refractivity (Wildman–Crippen MR) is 200 cm³/mol. The van der Waals surface area contributed by atoms with Crippen molar-refractivity contribution in [1.29, 1.82) is 0 Å². The molecule has 1 spiro atoms. The van der Waals surface area contributed by atoms with E-state index in [1.54, 1.807) is 6.92 Å². The Kier molecular flexibility index (Phi) is 13.1. The highest BCUT2D eigenvalue weighted by atomic mass is 79.9. The molecule has 4 atom stereocenters. The molecule has 1 aromatic rings. The summed E-state index contributed by atoms with van der Waals surface area (Å²) >= 11 is 3.47. The van der Waals surface area contributed by atoms with Gasteiger partial charge in [0.2, 0.25) is 0 Å². The maximum absolute atomic E-state index is 14.2. The van der Waals surface area contributed by atoms with E-state index in [0.717, 1.165) is 42.8 Å². The zero-order valence-electron chi connectivity index (χ0n) is 31.0. The number of hydrogen-bond donors (Lipinski definition) is 1. The normalized spacial score (nSPS) is 24.8. The number of halogens is 1. The molecule has 15 heteroatoms. The van der Waals surface area contributed by atoms with Crippen LogP contribution in [0, 0.1) is 6.92 Å². The van der Waals surface area contributed by atoms with Gasteiger partial charge in [0, 0.05) is 23.6 Å². The summed E-state index contributed by atoms with van der Waals surface area (Å²) < 4.78 is 55.0. The van der Waals surface area contributed by atoms with E-state index in [9.17, 15) is 18.0 Å². The Labute approximate surface area is 298 Å². The van der Waals surface area contributed by atoms with E-state index in [2.05, 4.69) is 70.6 Å². The average molecular weight is 795 g/mol. The molecule has 48 heavy (non-hydrogen) atoms. The highest BCUT2D eigenvalue weighted by molar-refractivity contribution is 9.09. The zero-order valence-corrected chi connectivity index (χ0v) is 35.4. The molecule has 0 radical (unpaired) electrons. The van der Waals surface area contributed by atoms with Crippen molar-refractivity contribution >= 4 is 42.7 Å². The van der Waals surface area contributed by atoms with E-state index < -0.39 is 56.5 Å². The lowest BCUT2D eigenvalue weighted by atomic mass is 9.89. The van der Waals surface area contributed by atoms with Crippen LogP contribution in [0.1, 0.15) is 98.3 Å². The van der Waals surface area contributed by atoms with E-state index in [1.807, 2.05) is 13.1 Å². The summed E-state index contributed by atoms with van der Waals surface area (Å²) in [5.41, 5.74) is 4.20. The van der Waals surface area contributed by atoms with Gasteiger partial charge in [0.15, 0.2) is 28.5 Å². The summed E-state index contributed by atoms with van der Waals surface area (Å²) in [6, 6.07) is 0. The molecule has 0 aliphatic carbocycles. The Balaban J connectivity index is 2.11. The van der Waals surface area contributed by atoms with Crippen molar-refractivity contribution in [2.45, 2.75) is 160 Å². The number of unbranched alkanes of at least 4 members (excludes halogenated alkanes) is 6. The minimum atomic E-state index is -4.21. The summed E-state index contributed by atoms with van der Waals surface area (Å²) in [5.74, 6) is 0. The lowest BCUT2D eigenvalue weighted by Gasteiger charge is -2.43. The second-order valence-corrected chi connectivity index (χ2v) is 28.2. The molecule has 0 bridgehead atoms. The predicted octanol–water partition coefficient (Wildman–Crippen LogP) is 6.65. The standard InChI is InChI=1S/C33H60BrN3O8SSi2/c1-24-21-37(30(39)36(28(24)38)20-18-16-14-12-13-15-17-19-34)29-27(44-48(10,11)32(5,6)7)33(25(35)23-46(40,41)45-33)26(43-29)22-42-47(8,9)31(2,3)4/h21,23,26-27,29H,12-20,22,35H2,1-11H3. The minimum Gasteiger partial charge on any atom is -0.414 e. The number of nitrogens with two attached hydrogens (primary N) is 1. The number of aromatic nitrogens is 2. The Bertz CT molecular complexity index is 1550. The van der Waals surface area contributed by atoms with Gasteiger partial charge in [-0.3, -0.25) is 13.9 Å². The van der Waals surface area contributed by atoms with Gasteiger partial charge in [-0.05, 0) is 56.0 Å². The number of rotatable bonds is 15. The first-order valence-corrected chi connectivity index (χ1v) is 25.6. The molecule has 3 rings (SSSR count). The third-order valence-electron chi connectivity index (χ3n) is 10.7. The molecular formula is C33H60BrN3O8SSi2. The topological polar surface area (TPSA) is 141 Å². The van der Waals surface area contributed by atoms with Crippen molar-refractivity contribution in [2.24, 2.45) is 5.73 Å². The molecule has 3 heterocycles. The second-order valence-electron chi connectivity index (χ2n) is 16.5. The van der Waals surface area contributed by atoms with Crippen LogP contribution in [0.25, 0.3) is 0 Å². The van der Waals surface area contributed by atoms with Crippen LogP contribution in [-0.4, -0.2) is 63.9 Å². The molecule has 0 saturated carbocycles. The fraction of sp³-hybridized carbons (Fsp3) is 0.818. The highest BCUT2D eigenvalue weighted by Crippen LogP contribution is 2.52. The molecule has 0 amide bonds. The number of aryl methyl sites for hydroxylation is 1. The quantitative estimate of drug-likeness (QED) is 0.0894. The molecule has 0 aromatic carbocycles. The maximum Gasteiger partial charge on any atom is 0.333 e. The summed E-state index contributed by atoms with van der Waals surface area (Å²) in [6.45, 7) is 22.7. The Morgan fingerprint density at radius 3 is 1.98 bits per heavy atom. The van der Waals surface area contributed by atoms with Crippen LogP contribution in [0.15, 0.2) is 26.9 Å². The van der Waals surface area contributed by atoms with Crippen molar-refractivity contribution in [3.8, 4) is 0 Å². The average Bonchev–Trinajstić information content (AvgIpc) is 3.37. The van der Waals surface area contributed by atoms with Gasteiger partial charge in [-0.2, -0.15) is 8.42 Å². The fourth-order valence-corrected chi connectivity index (χ4v) is 9.50. The molecule has 1 fully saturated rings. The SMILES string of the molecule is Cc1cn(C2OC(CO[Si](C)(C)C(C)(C)C)C3(OS(=O)(=O)C=C3N)C2O[Si](C)(C)C(C)(C)C)c(=O)n(CCCCCCCCCBr)c1=O. The van der Waals surface area contributed by atoms with Crippen molar-refractivity contribution in [3.05, 3.63) is 43.7 Å². The smallest absolute Gasteiger partial charge is 0.333 e. The van der Waals surface area contributed by atoms with Crippen LogP contribution >= 0.6 is 15.9 Å². The van der Waals surface area contributed by atoms with Crippen LogP contribution in [0.3, 0.4) is 0 Å². The van der Waals surface area contributed by atoms with Gasteiger partial charge in [0.05, 0.1) is 17.7 Å². The molecule has 276 valence electrons. The van der Waals surface area contributed by atoms with E-state index in [1.165, 1.54) is 21.8 Å².